The highest BCUT2D eigenvalue weighted by Crippen LogP contribution is 2.18. The first-order valence-corrected chi connectivity index (χ1v) is 5.95. The molecule has 0 fully saturated rings. The Hall–Kier alpha value is -1.69. The quantitative estimate of drug-likeness (QED) is 0.610. The van der Waals surface area contributed by atoms with Crippen LogP contribution in [0.4, 0.5) is 10.1 Å². The molecule has 0 unspecified atom stereocenters. The van der Waals surface area contributed by atoms with Gasteiger partial charge in [0.1, 0.15) is 10.8 Å². The molecule has 0 saturated heterocycles. The van der Waals surface area contributed by atoms with Crippen molar-refractivity contribution in [1.82, 2.24) is 0 Å². The summed E-state index contributed by atoms with van der Waals surface area (Å²) in [4.78, 5) is 11.1. The Balaban J connectivity index is 2.65. The highest BCUT2D eigenvalue weighted by Gasteiger charge is 2.11. The molecule has 0 spiro atoms. The van der Waals surface area contributed by atoms with Crippen molar-refractivity contribution in [3.63, 3.8) is 0 Å². The Morgan fingerprint density at radius 2 is 2.28 bits per heavy atom. The molecule has 0 radical (unpaired) electrons. The third kappa shape index (κ3) is 3.96. The number of esters is 1. The van der Waals surface area contributed by atoms with Gasteiger partial charge in [-0.05, 0) is 19.1 Å². The molecule has 98 valence electrons. The number of hydrogen-bond acceptors (Lipinski definition) is 4. The summed E-state index contributed by atoms with van der Waals surface area (Å²) in [5.41, 5.74) is 6.10. The number of nitrogens with two attached hydrogens (primary N) is 1. The Labute approximate surface area is 110 Å². The second kappa shape index (κ2) is 6.90. The topological polar surface area (TPSA) is 64.3 Å². The zero-order valence-electron chi connectivity index (χ0n) is 10.0. The van der Waals surface area contributed by atoms with Crippen molar-refractivity contribution in [2.24, 2.45) is 5.73 Å². The van der Waals surface area contributed by atoms with Crippen LogP contribution in [0.2, 0.25) is 0 Å². The third-order valence-electron chi connectivity index (χ3n) is 2.21. The van der Waals surface area contributed by atoms with E-state index in [9.17, 15) is 9.18 Å². The number of ether oxygens (including phenoxy) is 1. The van der Waals surface area contributed by atoms with E-state index in [0.717, 1.165) is 0 Å². The predicted molar refractivity (Wildman–Crippen MR) is 72.0 cm³/mol. The summed E-state index contributed by atoms with van der Waals surface area (Å²) in [7, 11) is 0. The van der Waals surface area contributed by atoms with Gasteiger partial charge >= 0.3 is 5.97 Å². The lowest BCUT2D eigenvalue weighted by Gasteiger charge is -2.11. The van der Waals surface area contributed by atoms with E-state index < -0.39 is 5.82 Å². The van der Waals surface area contributed by atoms with Crippen molar-refractivity contribution in [1.29, 1.82) is 0 Å². The summed E-state index contributed by atoms with van der Waals surface area (Å²) in [5.74, 6) is -0.790. The lowest BCUT2D eigenvalue weighted by atomic mass is 10.1. The molecule has 1 rings (SSSR count). The van der Waals surface area contributed by atoms with Crippen molar-refractivity contribution < 1.29 is 13.9 Å². The molecule has 0 saturated carbocycles. The number of anilines is 1. The van der Waals surface area contributed by atoms with E-state index in [1.807, 2.05) is 0 Å². The van der Waals surface area contributed by atoms with Crippen molar-refractivity contribution in [2.75, 3.05) is 18.5 Å². The highest BCUT2D eigenvalue weighted by atomic mass is 32.1. The first-order valence-electron chi connectivity index (χ1n) is 5.54. The van der Waals surface area contributed by atoms with Crippen LogP contribution < -0.4 is 11.1 Å². The van der Waals surface area contributed by atoms with E-state index >= 15 is 0 Å². The monoisotopic (exact) mass is 270 g/mol. The average Bonchev–Trinajstić information content (AvgIpc) is 2.28. The van der Waals surface area contributed by atoms with E-state index in [1.54, 1.807) is 19.1 Å². The van der Waals surface area contributed by atoms with Crippen molar-refractivity contribution in [2.45, 2.75) is 13.3 Å². The van der Waals surface area contributed by atoms with Crippen LogP contribution >= 0.6 is 12.2 Å². The predicted octanol–water partition coefficient (Wildman–Crippen LogP) is 1.82. The van der Waals surface area contributed by atoms with Gasteiger partial charge in [-0.3, -0.25) is 4.79 Å². The lowest BCUT2D eigenvalue weighted by molar-refractivity contribution is -0.142. The number of rotatable bonds is 6. The maximum atomic E-state index is 13.5. The minimum Gasteiger partial charge on any atom is -0.466 e. The van der Waals surface area contributed by atoms with Gasteiger partial charge in [-0.2, -0.15) is 0 Å². The molecule has 0 aliphatic rings. The summed E-state index contributed by atoms with van der Waals surface area (Å²) >= 11 is 4.79. The molecule has 1 aromatic carbocycles. The Kier molecular flexibility index (Phi) is 5.51. The molecule has 0 aliphatic carbocycles. The zero-order chi connectivity index (χ0) is 13.5. The first-order chi connectivity index (χ1) is 8.56. The second-order valence-corrected chi connectivity index (χ2v) is 3.95. The van der Waals surface area contributed by atoms with Crippen LogP contribution in [0.25, 0.3) is 0 Å². The minimum absolute atomic E-state index is 0.0215. The molecule has 18 heavy (non-hydrogen) atoms. The molecular formula is C12H15FN2O2S. The fourth-order valence-corrected chi connectivity index (χ4v) is 1.66. The molecule has 4 nitrogen and oxygen atoms in total. The number of carbonyl (C=O) groups is 1. The summed E-state index contributed by atoms with van der Waals surface area (Å²) in [5, 5.41) is 2.92. The maximum Gasteiger partial charge on any atom is 0.307 e. The molecule has 0 amide bonds. The number of benzene rings is 1. The molecule has 0 aromatic heterocycles. The Bertz CT molecular complexity index is 452. The maximum absolute atomic E-state index is 13.5. The van der Waals surface area contributed by atoms with E-state index in [2.05, 4.69) is 5.32 Å². The highest BCUT2D eigenvalue weighted by molar-refractivity contribution is 7.80. The third-order valence-corrected chi connectivity index (χ3v) is 2.41. The van der Waals surface area contributed by atoms with Crippen molar-refractivity contribution in [3.05, 3.63) is 29.6 Å². The first kappa shape index (κ1) is 14.4. The number of hydrogen-bond donors (Lipinski definition) is 2. The van der Waals surface area contributed by atoms with Gasteiger partial charge in [0.05, 0.1) is 18.6 Å². The van der Waals surface area contributed by atoms with Crippen LogP contribution in [-0.4, -0.2) is 24.1 Å². The van der Waals surface area contributed by atoms with Crippen molar-refractivity contribution >= 4 is 28.9 Å². The van der Waals surface area contributed by atoms with Gasteiger partial charge in [-0.25, -0.2) is 4.39 Å². The largest absolute Gasteiger partial charge is 0.466 e. The van der Waals surface area contributed by atoms with E-state index in [1.165, 1.54) is 6.07 Å². The van der Waals surface area contributed by atoms with Crippen LogP contribution in [-0.2, 0) is 9.53 Å². The van der Waals surface area contributed by atoms with E-state index in [4.69, 9.17) is 22.7 Å². The van der Waals surface area contributed by atoms with Gasteiger partial charge < -0.3 is 15.8 Å². The normalized spacial score (nSPS) is 9.89. The van der Waals surface area contributed by atoms with Gasteiger partial charge in [-0.1, -0.05) is 18.3 Å². The van der Waals surface area contributed by atoms with Crippen LogP contribution in [0.1, 0.15) is 18.9 Å². The number of thiocarbonyl (C=S) groups is 1. The molecule has 1 aromatic rings. The van der Waals surface area contributed by atoms with Gasteiger partial charge in [0.2, 0.25) is 0 Å². The molecule has 3 N–H and O–H groups in total. The molecule has 0 heterocycles. The van der Waals surface area contributed by atoms with Gasteiger partial charge in [0, 0.05) is 12.2 Å². The van der Waals surface area contributed by atoms with Crippen LogP contribution in [0.15, 0.2) is 18.2 Å². The lowest BCUT2D eigenvalue weighted by Crippen LogP contribution is -2.17. The minimum atomic E-state index is -0.483. The summed E-state index contributed by atoms with van der Waals surface area (Å²) < 4.78 is 18.3. The van der Waals surface area contributed by atoms with E-state index in [0.29, 0.717) is 18.8 Å². The molecule has 0 bridgehead atoms. The second-order valence-electron chi connectivity index (χ2n) is 3.51. The SMILES string of the molecule is CCOC(=O)CCNc1cccc(F)c1C(N)=S. The fraction of sp³-hybridized carbons (Fsp3) is 0.333. The fourth-order valence-electron chi connectivity index (χ4n) is 1.45. The summed E-state index contributed by atoms with van der Waals surface area (Å²) in [6, 6.07) is 4.48. The average molecular weight is 270 g/mol. The van der Waals surface area contributed by atoms with Crippen LogP contribution in [0.3, 0.4) is 0 Å². The number of halogens is 1. The van der Waals surface area contributed by atoms with Gasteiger partial charge in [0.15, 0.2) is 0 Å². The number of nitrogens with one attached hydrogen (secondary N) is 1. The van der Waals surface area contributed by atoms with Gasteiger partial charge in [-0.15, -0.1) is 0 Å². The number of carbonyl (C=O) groups excluding carboxylic acids is 1. The zero-order valence-corrected chi connectivity index (χ0v) is 10.8. The van der Waals surface area contributed by atoms with Crippen LogP contribution in [0, 0.1) is 5.82 Å². The van der Waals surface area contributed by atoms with Crippen molar-refractivity contribution in [3.8, 4) is 0 Å². The molecular weight excluding hydrogens is 255 g/mol. The summed E-state index contributed by atoms with van der Waals surface area (Å²) in [6.45, 7) is 2.41. The molecule has 0 atom stereocenters. The smallest absolute Gasteiger partial charge is 0.307 e. The van der Waals surface area contributed by atoms with Gasteiger partial charge in [0.25, 0.3) is 0 Å². The van der Waals surface area contributed by atoms with Crippen LogP contribution in [0.5, 0.6) is 0 Å². The summed E-state index contributed by atoms with van der Waals surface area (Å²) in [6.07, 6.45) is 0.196. The Morgan fingerprint density at radius 3 is 2.89 bits per heavy atom. The molecule has 6 heteroatoms. The van der Waals surface area contributed by atoms with E-state index in [-0.39, 0.29) is 22.9 Å². The standard InChI is InChI=1S/C12H15FN2O2S/c1-2-17-10(16)6-7-15-9-5-3-4-8(13)11(9)12(14)18/h3-5,15H,2,6-7H2,1H3,(H2,14,18). The Morgan fingerprint density at radius 1 is 1.56 bits per heavy atom. The molecule has 0 aliphatic heterocycles.